The second-order valence-corrected chi connectivity index (χ2v) is 3.86. The Bertz CT molecular complexity index is 310. The van der Waals surface area contributed by atoms with E-state index in [4.69, 9.17) is 9.47 Å². The quantitative estimate of drug-likeness (QED) is 0.728. The molecular weight excluding hydrogens is 208 g/mol. The van der Waals surface area contributed by atoms with E-state index >= 15 is 0 Å². The molecule has 1 fully saturated rings. The van der Waals surface area contributed by atoms with E-state index < -0.39 is 0 Å². The van der Waals surface area contributed by atoms with Crippen LogP contribution >= 0.6 is 0 Å². The Balaban J connectivity index is 1.67. The summed E-state index contributed by atoms with van der Waals surface area (Å²) in [5.41, 5.74) is 0.951. The van der Waals surface area contributed by atoms with E-state index in [1.54, 1.807) is 0 Å². The van der Waals surface area contributed by atoms with Crippen molar-refractivity contribution in [3.63, 3.8) is 0 Å². The molecule has 1 aromatic heterocycles. The molecule has 2 rings (SSSR count). The maximum absolute atomic E-state index is 5.65. The summed E-state index contributed by atoms with van der Waals surface area (Å²) in [7, 11) is 1.89. The summed E-state index contributed by atoms with van der Waals surface area (Å²) in [4.78, 5) is 0. The first-order valence-corrected chi connectivity index (χ1v) is 5.61. The van der Waals surface area contributed by atoms with E-state index in [1.807, 2.05) is 17.9 Å². The summed E-state index contributed by atoms with van der Waals surface area (Å²) < 4.78 is 12.7. The van der Waals surface area contributed by atoms with Gasteiger partial charge in [-0.15, -0.1) is 5.10 Å². The standard InChI is InChI=1S/C10H18N4O2/c1-11-6-9-7-14(13-12-9)3-5-16-10-2-4-15-8-10/h7,10-11H,2-6,8H2,1H3. The summed E-state index contributed by atoms with van der Waals surface area (Å²) >= 11 is 0. The van der Waals surface area contributed by atoms with Crippen LogP contribution in [-0.4, -0.2) is 48.0 Å². The fraction of sp³-hybridized carbons (Fsp3) is 0.800. The van der Waals surface area contributed by atoms with Crippen LogP contribution < -0.4 is 5.32 Å². The molecule has 0 amide bonds. The van der Waals surface area contributed by atoms with Gasteiger partial charge in [0.25, 0.3) is 0 Å². The van der Waals surface area contributed by atoms with Crippen molar-refractivity contribution in [1.82, 2.24) is 20.3 Å². The first-order valence-electron chi connectivity index (χ1n) is 5.61. The van der Waals surface area contributed by atoms with Crippen molar-refractivity contribution >= 4 is 0 Å². The largest absolute Gasteiger partial charge is 0.379 e. The lowest BCUT2D eigenvalue weighted by Gasteiger charge is -2.08. The van der Waals surface area contributed by atoms with Crippen LogP contribution in [0.3, 0.4) is 0 Å². The molecule has 6 nitrogen and oxygen atoms in total. The van der Waals surface area contributed by atoms with Gasteiger partial charge in [0.2, 0.25) is 0 Å². The third kappa shape index (κ3) is 3.26. The number of nitrogens with zero attached hydrogens (tertiary/aromatic N) is 3. The maximum Gasteiger partial charge on any atom is 0.0964 e. The van der Waals surface area contributed by atoms with Gasteiger partial charge in [0.05, 0.1) is 31.6 Å². The molecule has 2 heterocycles. The molecule has 6 heteroatoms. The van der Waals surface area contributed by atoms with Crippen molar-refractivity contribution in [2.45, 2.75) is 25.6 Å². The molecule has 1 aliphatic heterocycles. The van der Waals surface area contributed by atoms with Gasteiger partial charge in [0, 0.05) is 19.3 Å². The van der Waals surface area contributed by atoms with Gasteiger partial charge >= 0.3 is 0 Å². The highest BCUT2D eigenvalue weighted by Crippen LogP contribution is 2.07. The fourth-order valence-electron chi connectivity index (χ4n) is 1.67. The molecule has 1 N–H and O–H groups in total. The maximum atomic E-state index is 5.65. The highest BCUT2D eigenvalue weighted by Gasteiger charge is 2.15. The molecule has 0 spiro atoms. The van der Waals surface area contributed by atoms with Gasteiger partial charge in [-0.05, 0) is 13.5 Å². The third-order valence-electron chi connectivity index (χ3n) is 2.51. The molecule has 0 aromatic carbocycles. The number of hydrogen-bond acceptors (Lipinski definition) is 5. The van der Waals surface area contributed by atoms with Crippen LogP contribution in [0.2, 0.25) is 0 Å². The fourth-order valence-corrected chi connectivity index (χ4v) is 1.67. The van der Waals surface area contributed by atoms with Crippen molar-refractivity contribution in [2.75, 3.05) is 26.9 Å². The molecule has 1 aromatic rings. The van der Waals surface area contributed by atoms with Crippen molar-refractivity contribution in [3.05, 3.63) is 11.9 Å². The first-order chi connectivity index (χ1) is 7.88. The minimum absolute atomic E-state index is 0.264. The van der Waals surface area contributed by atoms with Crippen molar-refractivity contribution < 1.29 is 9.47 Å². The summed E-state index contributed by atoms with van der Waals surface area (Å²) in [6.07, 6.45) is 3.20. The van der Waals surface area contributed by atoms with Crippen LogP contribution in [0.15, 0.2) is 6.20 Å². The SMILES string of the molecule is CNCc1cn(CCOC2CCOC2)nn1. The molecule has 90 valence electrons. The Labute approximate surface area is 94.9 Å². The average Bonchev–Trinajstić information content (AvgIpc) is 2.90. The van der Waals surface area contributed by atoms with Gasteiger partial charge in [-0.25, -0.2) is 4.68 Å². The first kappa shape index (κ1) is 11.5. The lowest BCUT2D eigenvalue weighted by molar-refractivity contribution is 0.0369. The highest BCUT2D eigenvalue weighted by molar-refractivity contribution is 4.90. The van der Waals surface area contributed by atoms with Gasteiger partial charge in [-0.2, -0.15) is 0 Å². The van der Waals surface area contributed by atoms with Crippen molar-refractivity contribution in [1.29, 1.82) is 0 Å². The summed E-state index contributed by atoms with van der Waals surface area (Å²) in [6.45, 7) is 3.70. The Hall–Kier alpha value is -0.980. The monoisotopic (exact) mass is 226 g/mol. The Kier molecular flexibility index (Phi) is 4.26. The third-order valence-corrected chi connectivity index (χ3v) is 2.51. The van der Waals surface area contributed by atoms with Crippen LogP contribution in [0.4, 0.5) is 0 Å². The van der Waals surface area contributed by atoms with Gasteiger partial charge in [-0.3, -0.25) is 0 Å². The summed E-state index contributed by atoms with van der Waals surface area (Å²) in [6, 6.07) is 0. The Morgan fingerprint density at radius 3 is 3.38 bits per heavy atom. The van der Waals surface area contributed by atoms with Gasteiger partial charge < -0.3 is 14.8 Å². The highest BCUT2D eigenvalue weighted by atomic mass is 16.5. The zero-order valence-corrected chi connectivity index (χ0v) is 9.56. The van der Waals surface area contributed by atoms with Crippen LogP contribution in [0.25, 0.3) is 0 Å². The zero-order valence-electron chi connectivity index (χ0n) is 9.56. The summed E-state index contributed by atoms with van der Waals surface area (Å²) in [5.74, 6) is 0. The smallest absolute Gasteiger partial charge is 0.0964 e. The van der Waals surface area contributed by atoms with Crippen LogP contribution in [0, 0.1) is 0 Å². The predicted molar refractivity (Wildman–Crippen MR) is 58.0 cm³/mol. The topological polar surface area (TPSA) is 61.2 Å². The minimum atomic E-state index is 0.264. The molecule has 16 heavy (non-hydrogen) atoms. The van der Waals surface area contributed by atoms with E-state index in [-0.39, 0.29) is 6.10 Å². The average molecular weight is 226 g/mol. The van der Waals surface area contributed by atoms with Crippen LogP contribution in [-0.2, 0) is 22.6 Å². The number of hydrogen-bond donors (Lipinski definition) is 1. The number of aromatic nitrogens is 3. The lowest BCUT2D eigenvalue weighted by atomic mass is 10.3. The molecule has 0 aliphatic carbocycles. The minimum Gasteiger partial charge on any atom is -0.379 e. The number of ether oxygens (including phenoxy) is 2. The normalized spacial score (nSPS) is 20.4. The van der Waals surface area contributed by atoms with Gasteiger partial charge in [0.15, 0.2) is 0 Å². The predicted octanol–water partition coefficient (Wildman–Crippen LogP) is -0.197. The Morgan fingerprint density at radius 1 is 1.69 bits per heavy atom. The van der Waals surface area contributed by atoms with Gasteiger partial charge in [0.1, 0.15) is 0 Å². The van der Waals surface area contributed by atoms with E-state index in [0.29, 0.717) is 6.61 Å². The molecule has 0 bridgehead atoms. The molecule has 1 saturated heterocycles. The Morgan fingerprint density at radius 2 is 2.62 bits per heavy atom. The van der Waals surface area contributed by atoms with E-state index in [1.165, 1.54) is 0 Å². The number of nitrogens with one attached hydrogen (secondary N) is 1. The van der Waals surface area contributed by atoms with Crippen molar-refractivity contribution in [2.24, 2.45) is 0 Å². The molecule has 0 radical (unpaired) electrons. The van der Waals surface area contributed by atoms with E-state index in [0.717, 1.165) is 38.4 Å². The number of rotatable bonds is 6. The molecule has 1 unspecified atom stereocenters. The van der Waals surface area contributed by atoms with Crippen LogP contribution in [0.1, 0.15) is 12.1 Å². The molecule has 1 aliphatic rings. The van der Waals surface area contributed by atoms with E-state index in [2.05, 4.69) is 15.6 Å². The lowest BCUT2D eigenvalue weighted by Crippen LogP contribution is -2.16. The van der Waals surface area contributed by atoms with Gasteiger partial charge in [-0.1, -0.05) is 5.21 Å². The molecular formula is C10H18N4O2. The second kappa shape index (κ2) is 5.93. The van der Waals surface area contributed by atoms with E-state index in [9.17, 15) is 0 Å². The molecule has 0 saturated carbocycles. The zero-order chi connectivity index (χ0) is 11.2. The molecule has 1 atom stereocenters. The van der Waals surface area contributed by atoms with Crippen molar-refractivity contribution in [3.8, 4) is 0 Å². The summed E-state index contributed by atoms with van der Waals surface area (Å²) in [5, 5.41) is 11.1. The second-order valence-electron chi connectivity index (χ2n) is 3.86. The van der Waals surface area contributed by atoms with Crippen LogP contribution in [0.5, 0.6) is 0 Å².